The van der Waals surface area contributed by atoms with Gasteiger partial charge in [-0.05, 0) is 41.5 Å². The highest BCUT2D eigenvalue weighted by Crippen LogP contribution is 2.29. The second-order valence-electron chi connectivity index (χ2n) is 6.73. The number of carboxylic acid groups (broad SMARTS) is 1. The molecule has 1 atom stereocenters. The van der Waals surface area contributed by atoms with Gasteiger partial charge in [-0.1, -0.05) is 48.9 Å². The van der Waals surface area contributed by atoms with Gasteiger partial charge < -0.3 is 10.4 Å². The number of carbonyl (C=O) groups is 2. The van der Waals surface area contributed by atoms with Crippen LogP contribution in [0.4, 0.5) is 0 Å². The molecule has 1 unspecified atom stereocenters. The molecule has 1 saturated carbocycles. The summed E-state index contributed by atoms with van der Waals surface area (Å²) in [6.07, 6.45) is 4.39. The van der Waals surface area contributed by atoms with E-state index in [0.717, 1.165) is 29.2 Å². The molecule has 0 radical (unpaired) electrons. The van der Waals surface area contributed by atoms with Gasteiger partial charge in [-0.3, -0.25) is 9.59 Å². The van der Waals surface area contributed by atoms with Crippen molar-refractivity contribution in [1.82, 2.24) is 5.32 Å². The van der Waals surface area contributed by atoms with Crippen molar-refractivity contribution in [3.05, 3.63) is 48.0 Å². The second-order valence-corrected chi connectivity index (χ2v) is 6.73. The van der Waals surface area contributed by atoms with E-state index >= 15 is 0 Å². The van der Waals surface area contributed by atoms with Crippen LogP contribution in [0.2, 0.25) is 0 Å². The second kappa shape index (κ2) is 7.47. The van der Waals surface area contributed by atoms with Crippen molar-refractivity contribution >= 4 is 22.6 Å². The van der Waals surface area contributed by atoms with Gasteiger partial charge >= 0.3 is 5.97 Å². The van der Waals surface area contributed by atoms with Crippen molar-refractivity contribution < 1.29 is 14.7 Å². The number of nitrogens with one attached hydrogen (secondary N) is 1. The Morgan fingerprint density at radius 3 is 2.54 bits per heavy atom. The van der Waals surface area contributed by atoms with Crippen molar-refractivity contribution in [1.29, 1.82) is 0 Å². The Morgan fingerprint density at radius 2 is 1.88 bits per heavy atom. The first-order chi connectivity index (χ1) is 11.6. The van der Waals surface area contributed by atoms with E-state index < -0.39 is 11.9 Å². The molecule has 1 aliphatic rings. The summed E-state index contributed by atoms with van der Waals surface area (Å²) in [5.74, 6) is -0.998. The van der Waals surface area contributed by atoms with Gasteiger partial charge in [0.25, 0.3) is 0 Å². The standard InChI is InChI=1S/C20H23NO3/c22-19(12-14-4-3-5-14)21-13-18(20(23)24)11-15-8-9-16-6-1-2-7-17(16)10-15/h1-2,6-10,14,18H,3-5,11-13H2,(H,21,22)(H,23,24). The molecule has 0 saturated heterocycles. The molecule has 126 valence electrons. The zero-order valence-electron chi connectivity index (χ0n) is 13.7. The smallest absolute Gasteiger partial charge is 0.308 e. The van der Waals surface area contributed by atoms with Crippen LogP contribution < -0.4 is 5.32 Å². The maximum atomic E-state index is 11.9. The summed E-state index contributed by atoms with van der Waals surface area (Å²) in [5.41, 5.74) is 0.981. The fourth-order valence-electron chi connectivity index (χ4n) is 3.17. The average molecular weight is 325 g/mol. The molecule has 2 aromatic carbocycles. The largest absolute Gasteiger partial charge is 0.481 e. The molecular weight excluding hydrogens is 302 g/mol. The van der Waals surface area contributed by atoms with E-state index in [1.807, 2.05) is 42.5 Å². The topological polar surface area (TPSA) is 66.4 Å². The number of hydrogen-bond donors (Lipinski definition) is 2. The number of benzene rings is 2. The molecule has 0 bridgehead atoms. The highest BCUT2D eigenvalue weighted by atomic mass is 16.4. The minimum atomic E-state index is -0.868. The molecule has 24 heavy (non-hydrogen) atoms. The van der Waals surface area contributed by atoms with Gasteiger partial charge in [-0.15, -0.1) is 0 Å². The summed E-state index contributed by atoms with van der Waals surface area (Å²) in [4.78, 5) is 23.4. The zero-order valence-corrected chi connectivity index (χ0v) is 13.7. The molecule has 1 aliphatic carbocycles. The van der Waals surface area contributed by atoms with Gasteiger partial charge in [0.15, 0.2) is 0 Å². The first kappa shape index (κ1) is 16.5. The summed E-state index contributed by atoms with van der Waals surface area (Å²) in [5, 5.41) is 14.5. The maximum absolute atomic E-state index is 11.9. The van der Waals surface area contributed by atoms with Crippen LogP contribution in [-0.2, 0) is 16.0 Å². The van der Waals surface area contributed by atoms with Crippen LogP contribution in [0, 0.1) is 11.8 Å². The molecule has 4 nitrogen and oxygen atoms in total. The molecule has 4 heteroatoms. The maximum Gasteiger partial charge on any atom is 0.308 e. The summed E-state index contributed by atoms with van der Waals surface area (Å²) in [6, 6.07) is 14.0. The monoisotopic (exact) mass is 325 g/mol. The summed E-state index contributed by atoms with van der Waals surface area (Å²) in [6.45, 7) is 0.188. The number of hydrogen-bond acceptors (Lipinski definition) is 2. The molecule has 0 aromatic heterocycles. The molecule has 0 spiro atoms. The number of rotatable bonds is 7. The number of carbonyl (C=O) groups excluding carboxylic acids is 1. The van der Waals surface area contributed by atoms with Crippen LogP contribution in [0.15, 0.2) is 42.5 Å². The Labute approximate surface area is 141 Å². The third-order valence-electron chi connectivity index (χ3n) is 4.89. The molecule has 3 rings (SSSR count). The Kier molecular flexibility index (Phi) is 5.14. The van der Waals surface area contributed by atoms with E-state index in [4.69, 9.17) is 0 Å². The lowest BCUT2D eigenvalue weighted by molar-refractivity contribution is -0.141. The number of amides is 1. The Hall–Kier alpha value is -2.36. The van der Waals surface area contributed by atoms with Crippen LogP contribution in [0.1, 0.15) is 31.2 Å². The lowest BCUT2D eigenvalue weighted by Crippen LogP contribution is -2.35. The minimum absolute atomic E-state index is 0.0236. The van der Waals surface area contributed by atoms with E-state index in [-0.39, 0.29) is 12.5 Å². The highest BCUT2D eigenvalue weighted by Gasteiger charge is 2.23. The van der Waals surface area contributed by atoms with Crippen LogP contribution >= 0.6 is 0 Å². The number of fused-ring (bicyclic) bond motifs is 1. The van der Waals surface area contributed by atoms with Gasteiger partial charge in [-0.2, -0.15) is 0 Å². The van der Waals surface area contributed by atoms with Crippen LogP contribution in [0.3, 0.4) is 0 Å². The third-order valence-corrected chi connectivity index (χ3v) is 4.89. The summed E-state index contributed by atoms with van der Waals surface area (Å²) < 4.78 is 0. The Morgan fingerprint density at radius 1 is 1.12 bits per heavy atom. The molecule has 0 aliphatic heterocycles. The molecule has 0 heterocycles. The SMILES string of the molecule is O=C(CC1CCC1)NCC(Cc1ccc2ccccc2c1)C(=O)O. The zero-order chi connectivity index (χ0) is 16.9. The summed E-state index contributed by atoms with van der Waals surface area (Å²) >= 11 is 0. The Balaban J connectivity index is 1.59. The molecule has 2 N–H and O–H groups in total. The quantitative estimate of drug-likeness (QED) is 0.820. The van der Waals surface area contributed by atoms with Crippen molar-refractivity contribution in [3.63, 3.8) is 0 Å². The van der Waals surface area contributed by atoms with E-state index in [9.17, 15) is 14.7 Å². The van der Waals surface area contributed by atoms with Crippen LogP contribution in [0.25, 0.3) is 10.8 Å². The van der Waals surface area contributed by atoms with Crippen molar-refractivity contribution in [2.45, 2.75) is 32.1 Å². The van der Waals surface area contributed by atoms with E-state index in [0.29, 0.717) is 18.8 Å². The van der Waals surface area contributed by atoms with Gasteiger partial charge in [-0.25, -0.2) is 0 Å². The van der Waals surface area contributed by atoms with Crippen LogP contribution in [-0.4, -0.2) is 23.5 Å². The first-order valence-electron chi connectivity index (χ1n) is 8.59. The van der Waals surface area contributed by atoms with E-state index in [1.165, 1.54) is 6.42 Å². The van der Waals surface area contributed by atoms with E-state index in [2.05, 4.69) is 5.32 Å². The van der Waals surface area contributed by atoms with E-state index in [1.54, 1.807) is 0 Å². The predicted octanol–water partition coefficient (Wildman–Crippen LogP) is 3.39. The first-order valence-corrected chi connectivity index (χ1v) is 8.59. The average Bonchev–Trinajstić information content (AvgIpc) is 2.54. The number of carboxylic acids is 1. The lowest BCUT2D eigenvalue weighted by Gasteiger charge is -2.24. The van der Waals surface area contributed by atoms with Crippen molar-refractivity contribution in [3.8, 4) is 0 Å². The van der Waals surface area contributed by atoms with Gasteiger partial charge in [0, 0.05) is 13.0 Å². The normalized spacial score (nSPS) is 15.7. The Bertz CT molecular complexity index is 736. The molecule has 1 fully saturated rings. The molecule has 1 amide bonds. The predicted molar refractivity (Wildman–Crippen MR) is 93.7 cm³/mol. The number of aliphatic carboxylic acids is 1. The van der Waals surface area contributed by atoms with Gasteiger partial charge in [0.2, 0.25) is 5.91 Å². The summed E-state index contributed by atoms with van der Waals surface area (Å²) in [7, 11) is 0. The molecular formula is C20H23NO3. The fourth-order valence-corrected chi connectivity index (χ4v) is 3.17. The van der Waals surface area contributed by atoms with Crippen molar-refractivity contribution in [2.75, 3.05) is 6.54 Å². The third kappa shape index (κ3) is 4.13. The fraction of sp³-hybridized carbons (Fsp3) is 0.400. The van der Waals surface area contributed by atoms with Crippen LogP contribution in [0.5, 0.6) is 0 Å². The van der Waals surface area contributed by atoms with Gasteiger partial charge in [0.1, 0.15) is 0 Å². The highest BCUT2D eigenvalue weighted by molar-refractivity contribution is 5.83. The van der Waals surface area contributed by atoms with Gasteiger partial charge in [0.05, 0.1) is 5.92 Å². The minimum Gasteiger partial charge on any atom is -0.481 e. The lowest BCUT2D eigenvalue weighted by atomic mass is 9.83. The molecule has 2 aromatic rings. The van der Waals surface area contributed by atoms with Crippen molar-refractivity contribution in [2.24, 2.45) is 11.8 Å².